The molecule has 0 unspecified atom stereocenters. The fourth-order valence-corrected chi connectivity index (χ4v) is 3.25. The van der Waals surface area contributed by atoms with Crippen LogP contribution in [-0.2, 0) is 4.74 Å². The molecule has 0 N–H and O–H groups in total. The van der Waals surface area contributed by atoms with Crippen LogP contribution in [-0.4, -0.2) is 41.4 Å². The van der Waals surface area contributed by atoms with Gasteiger partial charge in [0.25, 0.3) is 5.89 Å². The molecule has 0 bridgehead atoms. The highest BCUT2D eigenvalue weighted by Gasteiger charge is 2.20. The van der Waals surface area contributed by atoms with Crippen molar-refractivity contribution < 1.29 is 9.26 Å². The van der Waals surface area contributed by atoms with Crippen LogP contribution in [0.15, 0.2) is 47.1 Å². The average Bonchev–Trinajstić information content (AvgIpc) is 3.18. The van der Waals surface area contributed by atoms with Crippen molar-refractivity contribution >= 4 is 5.82 Å². The van der Waals surface area contributed by atoms with Crippen molar-refractivity contribution in [3.63, 3.8) is 0 Å². The molecule has 0 aliphatic carbocycles. The van der Waals surface area contributed by atoms with E-state index >= 15 is 0 Å². The lowest BCUT2D eigenvalue weighted by atomic mass is 10.1. The number of hydrogen-bond donors (Lipinski definition) is 0. The molecular weight excluding hydrogens is 328 g/mol. The van der Waals surface area contributed by atoms with Gasteiger partial charge >= 0.3 is 0 Å². The Morgan fingerprint density at radius 2 is 1.88 bits per heavy atom. The average molecular weight is 350 g/mol. The van der Waals surface area contributed by atoms with Gasteiger partial charge in [0.15, 0.2) is 0 Å². The van der Waals surface area contributed by atoms with E-state index in [2.05, 4.69) is 27.1 Å². The number of ether oxygens (including phenoxy) is 1. The number of aromatic nitrogens is 3. The van der Waals surface area contributed by atoms with Crippen LogP contribution >= 0.6 is 0 Å². The summed E-state index contributed by atoms with van der Waals surface area (Å²) in [5.74, 6) is 2.02. The predicted molar refractivity (Wildman–Crippen MR) is 99.9 cm³/mol. The van der Waals surface area contributed by atoms with Gasteiger partial charge in [-0.25, -0.2) is 4.98 Å². The zero-order valence-electron chi connectivity index (χ0n) is 15.1. The van der Waals surface area contributed by atoms with E-state index < -0.39 is 0 Å². The zero-order chi connectivity index (χ0) is 17.9. The van der Waals surface area contributed by atoms with Crippen LogP contribution in [0.2, 0.25) is 0 Å². The second-order valence-electron chi connectivity index (χ2n) is 6.60. The third kappa shape index (κ3) is 3.32. The molecule has 6 nitrogen and oxygen atoms in total. The molecule has 26 heavy (non-hydrogen) atoms. The Labute approximate surface area is 152 Å². The van der Waals surface area contributed by atoms with Gasteiger partial charge in [-0.05, 0) is 37.5 Å². The molecule has 3 heterocycles. The summed E-state index contributed by atoms with van der Waals surface area (Å²) in [5.41, 5.74) is 2.92. The lowest BCUT2D eigenvalue weighted by Gasteiger charge is -2.32. The molecule has 4 rings (SSSR count). The van der Waals surface area contributed by atoms with E-state index in [1.807, 2.05) is 43.3 Å². The molecule has 0 spiro atoms. The highest BCUT2D eigenvalue weighted by Crippen LogP contribution is 2.26. The first kappa shape index (κ1) is 16.7. The van der Waals surface area contributed by atoms with Crippen LogP contribution in [0.25, 0.3) is 22.8 Å². The van der Waals surface area contributed by atoms with Crippen LogP contribution < -0.4 is 4.90 Å². The first-order valence-electron chi connectivity index (χ1n) is 8.89. The molecule has 0 radical (unpaired) electrons. The number of pyridine rings is 1. The van der Waals surface area contributed by atoms with Crippen molar-refractivity contribution in [1.82, 2.24) is 15.1 Å². The Bertz CT molecular complexity index is 870. The number of benzene rings is 1. The number of nitrogens with zero attached hydrogens (tertiary/aromatic N) is 4. The minimum atomic E-state index is 0.471. The standard InChI is InChI=1S/C20H22N4O2/c1-14-5-3-4-6-17(14)19-22-20(26-23-19)15-7-8-18(21-13-15)24(2)16-9-11-25-12-10-16/h3-8,13,16H,9-12H2,1-2H3. The number of anilines is 1. The molecule has 2 aromatic heterocycles. The van der Waals surface area contributed by atoms with Gasteiger partial charge in [0.1, 0.15) is 5.82 Å². The molecule has 0 saturated carbocycles. The Hall–Kier alpha value is -2.73. The minimum absolute atomic E-state index is 0.471. The van der Waals surface area contributed by atoms with Crippen molar-refractivity contribution in [3.8, 4) is 22.8 Å². The SMILES string of the molecule is Cc1ccccc1-c1noc(-c2ccc(N(C)C3CCOCC3)nc2)n1. The van der Waals surface area contributed by atoms with Gasteiger partial charge in [-0.15, -0.1) is 0 Å². The topological polar surface area (TPSA) is 64.3 Å². The molecular formula is C20H22N4O2. The van der Waals surface area contributed by atoms with Gasteiger partial charge in [0.2, 0.25) is 5.82 Å². The summed E-state index contributed by atoms with van der Waals surface area (Å²) in [4.78, 5) is 11.3. The molecule has 134 valence electrons. The van der Waals surface area contributed by atoms with E-state index in [1.54, 1.807) is 6.20 Å². The van der Waals surface area contributed by atoms with Crippen LogP contribution in [0, 0.1) is 6.92 Å². The van der Waals surface area contributed by atoms with Crippen molar-refractivity contribution in [3.05, 3.63) is 48.2 Å². The van der Waals surface area contributed by atoms with Gasteiger partial charge in [-0.2, -0.15) is 4.98 Å². The van der Waals surface area contributed by atoms with E-state index in [0.29, 0.717) is 17.8 Å². The first-order chi connectivity index (χ1) is 12.7. The summed E-state index contributed by atoms with van der Waals surface area (Å²) in [5, 5.41) is 4.12. The number of hydrogen-bond acceptors (Lipinski definition) is 6. The third-order valence-electron chi connectivity index (χ3n) is 4.91. The minimum Gasteiger partial charge on any atom is -0.381 e. The largest absolute Gasteiger partial charge is 0.381 e. The van der Waals surface area contributed by atoms with Crippen LogP contribution in [0.3, 0.4) is 0 Å². The van der Waals surface area contributed by atoms with E-state index in [4.69, 9.17) is 9.26 Å². The highest BCUT2D eigenvalue weighted by atomic mass is 16.5. The Balaban J connectivity index is 1.53. The molecule has 1 saturated heterocycles. The first-order valence-corrected chi connectivity index (χ1v) is 8.89. The molecule has 1 aromatic carbocycles. The lowest BCUT2D eigenvalue weighted by molar-refractivity contribution is 0.0853. The fourth-order valence-electron chi connectivity index (χ4n) is 3.25. The van der Waals surface area contributed by atoms with E-state index in [1.165, 1.54) is 0 Å². The fraction of sp³-hybridized carbons (Fsp3) is 0.350. The van der Waals surface area contributed by atoms with Gasteiger partial charge in [0, 0.05) is 38.1 Å². The maximum atomic E-state index is 5.45. The van der Waals surface area contributed by atoms with E-state index in [0.717, 1.165) is 48.6 Å². The Kier molecular flexibility index (Phi) is 4.67. The van der Waals surface area contributed by atoms with Crippen molar-refractivity contribution in [2.45, 2.75) is 25.8 Å². The molecule has 3 aromatic rings. The number of aryl methyl sites for hydroxylation is 1. The molecule has 1 fully saturated rings. The van der Waals surface area contributed by atoms with Crippen molar-refractivity contribution in [2.75, 3.05) is 25.2 Å². The summed E-state index contributed by atoms with van der Waals surface area (Å²) in [6.07, 6.45) is 3.85. The van der Waals surface area contributed by atoms with E-state index in [9.17, 15) is 0 Å². The summed E-state index contributed by atoms with van der Waals surface area (Å²) < 4.78 is 10.9. The Morgan fingerprint density at radius 3 is 2.62 bits per heavy atom. The monoisotopic (exact) mass is 350 g/mol. The second-order valence-corrected chi connectivity index (χ2v) is 6.60. The van der Waals surface area contributed by atoms with Gasteiger partial charge in [-0.1, -0.05) is 29.4 Å². The van der Waals surface area contributed by atoms with E-state index in [-0.39, 0.29) is 0 Å². The summed E-state index contributed by atoms with van der Waals surface area (Å²) in [6.45, 7) is 3.67. The van der Waals surface area contributed by atoms with Crippen molar-refractivity contribution in [1.29, 1.82) is 0 Å². The van der Waals surface area contributed by atoms with Crippen LogP contribution in [0.1, 0.15) is 18.4 Å². The van der Waals surface area contributed by atoms with Gasteiger partial charge < -0.3 is 14.2 Å². The number of rotatable bonds is 4. The lowest BCUT2D eigenvalue weighted by Crippen LogP contribution is -2.37. The molecule has 1 aliphatic heterocycles. The molecule has 0 atom stereocenters. The second kappa shape index (κ2) is 7.25. The van der Waals surface area contributed by atoms with Crippen LogP contribution in [0.5, 0.6) is 0 Å². The maximum absolute atomic E-state index is 5.45. The van der Waals surface area contributed by atoms with Crippen LogP contribution in [0.4, 0.5) is 5.82 Å². The normalized spacial score (nSPS) is 15.2. The molecule has 0 amide bonds. The third-order valence-corrected chi connectivity index (χ3v) is 4.91. The Morgan fingerprint density at radius 1 is 1.08 bits per heavy atom. The quantitative estimate of drug-likeness (QED) is 0.714. The summed E-state index contributed by atoms with van der Waals surface area (Å²) in [6, 6.07) is 12.5. The molecule has 1 aliphatic rings. The smallest absolute Gasteiger partial charge is 0.259 e. The van der Waals surface area contributed by atoms with Gasteiger partial charge in [-0.3, -0.25) is 0 Å². The zero-order valence-corrected chi connectivity index (χ0v) is 15.1. The molecule has 6 heteroatoms. The van der Waals surface area contributed by atoms with Crippen molar-refractivity contribution in [2.24, 2.45) is 0 Å². The highest BCUT2D eigenvalue weighted by molar-refractivity contribution is 5.62. The maximum Gasteiger partial charge on any atom is 0.259 e. The van der Waals surface area contributed by atoms with Gasteiger partial charge in [0.05, 0.1) is 5.56 Å². The predicted octanol–water partition coefficient (Wildman–Crippen LogP) is 3.72. The summed E-state index contributed by atoms with van der Waals surface area (Å²) in [7, 11) is 2.08. The summed E-state index contributed by atoms with van der Waals surface area (Å²) >= 11 is 0.